The van der Waals surface area contributed by atoms with E-state index in [1.165, 1.54) is 4.90 Å². The SMILES string of the molecule is Cc1cccc(COc2c(Cl)cc(/C=C3\SC(=O)N(Cc4ccccc4)C3=O)cc2Cl)c1. The van der Waals surface area contributed by atoms with Crippen molar-refractivity contribution in [3.63, 3.8) is 0 Å². The van der Waals surface area contributed by atoms with Gasteiger partial charge in [-0.1, -0.05) is 83.4 Å². The van der Waals surface area contributed by atoms with Crippen LogP contribution in [0.15, 0.2) is 71.6 Å². The fourth-order valence-electron chi connectivity index (χ4n) is 3.31. The van der Waals surface area contributed by atoms with Gasteiger partial charge in [0.2, 0.25) is 0 Å². The van der Waals surface area contributed by atoms with Gasteiger partial charge in [0.25, 0.3) is 11.1 Å². The second-order valence-corrected chi connectivity index (χ2v) is 9.15. The number of thioether (sulfide) groups is 1. The number of carbonyl (C=O) groups is 2. The van der Waals surface area contributed by atoms with Crippen LogP contribution in [0.4, 0.5) is 4.79 Å². The molecule has 1 aliphatic heterocycles. The molecule has 1 saturated heterocycles. The van der Waals surface area contributed by atoms with Gasteiger partial charge in [0, 0.05) is 0 Å². The van der Waals surface area contributed by atoms with Crippen molar-refractivity contribution in [2.24, 2.45) is 0 Å². The molecule has 0 N–H and O–H groups in total. The Hall–Kier alpha value is -2.73. The van der Waals surface area contributed by atoms with E-state index >= 15 is 0 Å². The Morgan fingerprint density at radius 1 is 0.938 bits per heavy atom. The number of benzene rings is 3. The predicted octanol–water partition coefficient (Wildman–Crippen LogP) is 7.12. The van der Waals surface area contributed by atoms with Gasteiger partial charge < -0.3 is 4.74 Å². The van der Waals surface area contributed by atoms with Gasteiger partial charge in [-0.15, -0.1) is 0 Å². The number of aryl methyl sites for hydroxylation is 1. The van der Waals surface area contributed by atoms with Gasteiger partial charge in [0.1, 0.15) is 6.61 Å². The number of hydrogen-bond acceptors (Lipinski definition) is 4. The zero-order valence-electron chi connectivity index (χ0n) is 17.2. The summed E-state index contributed by atoms with van der Waals surface area (Å²) in [7, 11) is 0. The average molecular weight is 484 g/mol. The lowest BCUT2D eigenvalue weighted by Crippen LogP contribution is -2.27. The molecular formula is C25H19Cl2NO3S. The molecule has 1 heterocycles. The summed E-state index contributed by atoms with van der Waals surface area (Å²) >= 11 is 13.7. The molecule has 2 amide bonds. The Bertz CT molecular complexity index is 1190. The van der Waals surface area contributed by atoms with Crippen LogP contribution in [0.1, 0.15) is 22.3 Å². The lowest BCUT2D eigenvalue weighted by atomic mass is 10.1. The summed E-state index contributed by atoms with van der Waals surface area (Å²) in [5.41, 5.74) is 3.65. The third kappa shape index (κ3) is 5.18. The number of amides is 2. The minimum absolute atomic E-state index is 0.232. The van der Waals surface area contributed by atoms with Crippen molar-refractivity contribution < 1.29 is 14.3 Å². The van der Waals surface area contributed by atoms with Crippen LogP contribution in [-0.4, -0.2) is 16.0 Å². The van der Waals surface area contributed by atoms with Gasteiger partial charge in [-0.25, -0.2) is 0 Å². The van der Waals surface area contributed by atoms with Crippen molar-refractivity contribution in [2.75, 3.05) is 0 Å². The van der Waals surface area contributed by atoms with E-state index in [0.717, 1.165) is 28.5 Å². The van der Waals surface area contributed by atoms with Crippen molar-refractivity contribution in [3.05, 3.63) is 104 Å². The molecule has 0 aromatic heterocycles. The van der Waals surface area contributed by atoms with Crippen LogP contribution >= 0.6 is 35.0 Å². The molecule has 0 unspecified atom stereocenters. The summed E-state index contributed by atoms with van der Waals surface area (Å²) in [6, 6.07) is 20.7. The first-order chi connectivity index (χ1) is 15.4. The smallest absolute Gasteiger partial charge is 0.293 e. The van der Waals surface area contributed by atoms with Crippen molar-refractivity contribution in [1.29, 1.82) is 0 Å². The zero-order valence-corrected chi connectivity index (χ0v) is 19.5. The molecule has 1 fully saturated rings. The summed E-state index contributed by atoms with van der Waals surface area (Å²) in [4.78, 5) is 26.7. The molecule has 0 radical (unpaired) electrons. The van der Waals surface area contributed by atoms with Crippen LogP contribution in [0.5, 0.6) is 5.75 Å². The zero-order chi connectivity index (χ0) is 22.7. The summed E-state index contributed by atoms with van der Waals surface area (Å²) in [6.45, 7) is 2.58. The second kappa shape index (κ2) is 9.82. The first kappa shape index (κ1) is 22.5. The maximum absolute atomic E-state index is 12.8. The van der Waals surface area contributed by atoms with Gasteiger partial charge >= 0.3 is 0 Å². The highest BCUT2D eigenvalue weighted by atomic mass is 35.5. The van der Waals surface area contributed by atoms with Crippen molar-refractivity contribution in [1.82, 2.24) is 4.90 Å². The molecule has 3 aromatic rings. The first-order valence-electron chi connectivity index (χ1n) is 9.87. The van der Waals surface area contributed by atoms with Gasteiger partial charge in [0.15, 0.2) is 5.75 Å². The van der Waals surface area contributed by atoms with E-state index in [1.807, 2.05) is 61.5 Å². The minimum Gasteiger partial charge on any atom is -0.486 e. The number of carbonyl (C=O) groups excluding carboxylic acids is 2. The Kier molecular flexibility index (Phi) is 6.89. The molecule has 0 spiro atoms. The van der Waals surface area contributed by atoms with E-state index in [0.29, 0.717) is 32.9 Å². The summed E-state index contributed by atoms with van der Waals surface area (Å²) in [5, 5.41) is 0.361. The van der Waals surface area contributed by atoms with Crippen molar-refractivity contribution in [2.45, 2.75) is 20.1 Å². The Labute approximate surface area is 200 Å². The number of imide groups is 1. The molecular weight excluding hydrogens is 465 g/mol. The van der Waals surface area contributed by atoms with Gasteiger partial charge in [-0.05, 0) is 53.6 Å². The molecule has 3 aromatic carbocycles. The molecule has 162 valence electrons. The highest BCUT2D eigenvalue weighted by Gasteiger charge is 2.35. The second-order valence-electron chi connectivity index (χ2n) is 7.34. The largest absolute Gasteiger partial charge is 0.486 e. The average Bonchev–Trinajstić information content (AvgIpc) is 3.01. The third-order valence-corrected chi connectivity index (χ3v) is 6.31. The maximum atomic E-state index is 12.8. The molecule has 4 nitrogen and oxygen atoms in total. The third-order valence-electron chi connectivity index (χ3n) is 4.84. The molecule has 1 aliphatic rings. The number of hydrogen-bond donors (Lipinski definition) is 0. The van der Waals surface area contributed by atoms with Crippen molar-refractivity contribution >= 4 is 52.2 Å². The fraction of sp³-hybridized carbons (Fsp3) is 0.120. The van der Waals surface area contributed by atoms with E-state index in [1.54, 1.807) is 18.2 Å². The van der Waals surface area contributed by atoms with Crippen LogP contribution < -0.4 is 4.74 Å². The minimum atomic E-state index is -0.337. The number of rotatable bonds is 6. The van der Waals surface area contributed by atoms with E-state index in [9.17, 15) is 9.59 Å². The Morgan fingerprint density at radius 3 is 2.31 bits per heavy atom. The summed E-state index contributed by atoms with van der Waals surface area (Å²) in [5.74, 6) is 0.0417. The van der Waals surface area contributed by atoms with Crippen molar-refractivity contribution in [3.8, 4) is 5.75 Å². The molecule has 32 heavy (non-hydrogen) atoms. The standard InChI is InChI=1S/C25H19Cl2NO3S/c1-16-6-5-9-18(10-16)15-31-23-20(26)11-19(12-21(23)27)13-22-24(29)28(25(30)32-22)14-17-7-3-2-4-8-17/h2-13H,14-15H2,1H3/b22-13-. The van der Waals surface area contributed by atoms with Crippen LogP contribution in [0.2, 0.25) is 10.0 Å². The quantitative estimate of drug-likeness (QED) is 0.350. The van der Waals surface area contributed by atoms with E-state index in [-0.39, 0.29) is 17.7 Å². The number of halogens is 2. The molecule has 0 atom stereocenters. The summed E-state index contributed by atoms with van der Waals surface area (Å²) < 4.78 is 5.84. The van der Waals surface area contributed by atoms with E-state index in [2.05, 4.69) is 0 Å². The normalized spacial score (nSPS) is 15.0. The molecule has 7 heteroatoms. The lowest BCUT2D eigenvalue weighted by molar-refractivity contribution is -0.123. The molecule has 0 bridgehead atoms. The topological polar surface area (TPSA) is 46.6 Å². The molecule has 0 aliphatic carbocycles. The monoisotopic (exact) mass is 483 g/mol. The number of nitrogens with zero attached hydrogens (tertiary/aromatic N) is 1. The maximum Gasteiger partial charge on any atom is 0.293 e. The van der Waals surface area contributed by atoms with Crippen LogP contribution in [0.25, 0.3) is 6.08 Å². The van der Waals surface area contributed by atoms with Gasteiger partial charge in [-0.2, -0.15) is 0 Å². The summed E-state index contributed by atoms with van der Waals surface area (Å²) in [6.07, 6.45) is 1.62. The van der Waals surface area contributed by atoms with Crippen LogP contribution in [-0.2, 0) is 17.9 Å². The molecule has 4 rings (SSSR count). The highest BCUT2D eigenvalue weighted by Crippen LogP contribution is 2.38. The van der Waals surface area contributed by atoms with Crippen LogP contribution in [0.3, 0.4) is 0 Å². The van der Waals surface area contributed by atoms with Gasteiger partial charge in [-0.3, -0.25) is 14.5 Å². The predicted molar refractivity (Wildman–Crippen MR) is 130 cm³/mol. The van der Waals surface area contributed by atoms with E-state index in [4.69, 9.17) is 27.9 Å². The first-order valence-corrected chi connectivity index (χ1v) is 11.4. The molecule has 0 saturated carbocycles. The number of ether oxygens (including phenoxy) is 1. The fourth-order valence-corrected chi connectivity index (χ4v) is 4.76. The van der Waals surface area contributed by atoms with Gasteiger partial charge in [0.05, 0.1) is 21.5 Å². The Balaban J connectivity index is 1.50. The van der Waals surface area contributed by atoms with E-state index < -0.39 is 0 Å². The highest BCUT2D eigenvalue weighted by molar-refractivity contribution is 8.18. The van der Waals surface area contributed by atoms with Crippen LogP contribution in [0, 0.1) is 6.92 Å². The Morgan fingerprint density at radius 2 is 1.62 bits per heavy atom. The lowest BCUT2D eigenvalue weighted by Gasteiger charge is -2.12.